The van der Waals surface area contributed by atoms with E-state index in [0.29, 0.717) is 30.3 Å². The van der Waals surface area contributed by atoms with Crippen LogP contribution < -0.4 is 9.47 Å². The number of hydrogen-bond donors (Lipinski definition) is 1. The number of nitrogens with zero attached hydrogens (tertiary/aromatic N) is 1. The molecular formula is C13H17NO4. The lowest BCUT2D eigenvalue weighted by Gasteiger charge is -2.26. The van der Waals surface area contributed by atoms with Gasteiger partial charge < -0.3 is 19.5 Å². The van der Waals surface area contributed by atoms with E-state index in [2.05, 4.69) is 0 Å². The summed E-state index contributed by atoms with van der Waals surface area (Å²) in [5.74, 6) is 0.904. The Morgan fingerprint density at radius 2 is 2.17 bits per heavy atom. The molecule has 1 heterocycles. The zero-order valence-corrected chi connectivity index (χ0v) is 10.5. The molecule has 1 aliphatic rings. The molecule has 0 bridgehead atoms. The number of carbonyl (C=O) groups is 1. The van der Waals surface area contributed by atoms with E-state index in [1.54, 1.807) is 32.2 Å². The molecule has 1 N–H and O–H groups in total. The van der Waals surface area contributed by atoms with Gasteiger partial charge in [0.1, 0.15) is 13.2 Å². The van der Waals surface area contributed by atoms with Crippen molar-refractivity contribution in [1.82, 2.24) is 4.90 Å². The van der Waals surface area contributed by atoms with Gasteiger partial charge in [0.25, 0.3) is 5.91 Å². The fourth-order valence-corrected chi connectivity index (χ4v) is 1.75. The predicted octanol–water partition coefficient (Wildman–Crippen LogP) is 0.911. The second kappa shape index (κ2) is 5.27. The summed E-state index contributed by atoms with van der Waals surface area (Å²) in [6, 6.07) is 5.01. The third-order valence-electron chi connectivity index (χ3n) is 3.04. The highest BCUT2D eigenvalue weighted by Gasteiger charge is 2.24. The van der Waals surface area contributed by atoms with Crippen LogP contribution in [0.4, 0.5) is 0 Å². The van der Waals surface area contributed by atoms with E-state index in [1.165, 1.54) is 4.90 Å². The molecule has 1 aliphatic heterocycles. The SMILES string of the molecule is CC(CO)N(C)C(=O)c1cccc2c1OCCO2. The standard InChI is InChI=1S/C13H17NO4/c1-9(8-15)14(2)13(16)10-4-3-5-11-12(10)18-7-6-17-11/h3-5,9,15H,6-8H2,1-2H3. The van der Waals surface area contributed by atoms with Crippen LogP contribution in [0.15, 0.2) is 18.2 Å². The zero-order valence-electron chi connectivity index (χ0n) is 10.5. The molecule has 0 saturated heterocycles. The maximum Gasteiger partial charge on any atom is 0.257 e. The van der Waals surface area contributed by atoms with Crippen molar-refractivity contribution in [2.45, 2.75) is 13.0 Å². The highest BCUT2D eigenvalue weighted by atomic mass is 16.6. The highest BCUT2D eigenvalue weighted by Crippen LogP contribution is 2.34. The molecule has 1 atom stereocenters. The molecule has 5 heteroatoms. The van der Waals surface area contributed by atoms with E-state index in [9.17, 15) is 4.79 Å². The molecule has 1 aromatic carbocycles. The third-order valence-corrected chi connectivity index (χ3v) is 3.04. The summed E-state index contributed by atoms with van der Waals surface area (Å²) in [4.78, 5) is 13.8. The Kier molecular flexibility index (Phi) is 3.72. The van der Waals surface area contributed by atoms with Crippen LogP contribution in [-0.2, 0) is 0 Å². The largest absolute Gasteiger partial charge is 0.486 e. The second-order valence-corrected chi connectivity index (χ2v) is 4.28. The van der Waals surface area contributed by atoms with Crippen LogP contribution in [0.3, 0.4) is 0 Å². The number of benzene rings is 1. The Labute approximate surface area is 106 Å². The van der Waals surface area contributed by atoms with Crippen LogP contribution in [-0.4, -0.2) is 48.8 Å². The monoisotopic (exact) mass is 251 g/mol. The predicted molar refractivity (Wildman–Crippen MR) is 66.1 cm³/mol. The van der Waals surface area contributed by atoms with E-state index in [0.717, 1.165) is 0 Å². The summed E-state index contributed by atoms with van der Waals surface area (Å²) >= 11 is 0. The lowest BCUT2D eigenvalue weighted by Crippen LogP contribution is -2.37. The minimum absolute atomic E-state index is 0.0748. The van der Waals surface area contributed by atoms with Gasteiger partial charge in [-0.05, 0) is 19.1 Å². The first-order valence-corrected chi connectivity index (χ1v) is 5.91. The number of hydrogen-bond acceptors (Lipinski definition) is 4. The molecule has 0 aromatic heterocycles. The van der Waals surface area contributed by atoms with Crippen molar-refractivity contribution in [2.24, 2.45) is 0 Å². The highest BCUT2D eigenvalue weighted by molar-refractivity contribution is 5.97. The zero-order chi connectivity index (χ0) is 13.1. The van der Waals surface area contributed by atoms with Gasteiger partial charge in [-0.3, -0.25) is 4.79 Å². The summed E-state index contributed by atoms with van der Waals surface area (Å²) in [5, 5.41) is 9.09. The number of fused-ring (bicyclic) bond motifs is 1. The molecule has 1 unspecified atom stereocenters. The fourth-order valence-electron chi connectivity index (χ4n) is 1.75. The summed E-state index contributed by atoms with van der Waals surface area (Å²) in [5.41, 5.74) is 0.468. The number of para-hydroxylation sites is 1. The van der Waals surface area contributed by atoms with Crippen LogP contribution in [0, 0.1) is 0 Å². The number of carbonyl (C=O) groups excluding carboxylic acids is 1. The Hall–Kier alpha value is -1.75. The van der Waals surface area contributed by atoms with Gasteiger partial charge in [-0.2, -0.15) is 0 Å². The van der Waals surface area contributed by atoms with Gasteiger partial charge >= 0.3 is 0 Å². The Morgan fingerprint density at radius 3 is 2.89 bits per heavy atom. The van der Waals surface area contributed by atoms with Crippen molar-refractivity contribution in [3.8, 4) is 11.5 Å². The molecule has 0 aliphatic carbocycles. The molecule has 5 nitrogen and oxygen atoms in total. The number of aliphatic hydroxyl groups is 1. The van der Waals surface area contributed by atoms with Gasteiger partial charge in [0.15, 0.2) is 11.5 Å². The number of amides is 1. The molecule has 1 aromatic rings. The average Bonchev–Trinajstić information content (AvgIpc) is 2.44. The van der Waals surface area contributed by atoms with E-state index < -0.39 is 0 Å². The van der Waals surface area contributed by atoms with Gasteiger partial charge in [0, 0.05) is 7.05 Å². The molecule has 0 fully saturated rings. The lowest BCUT2D eigenvalue weighted by molar-refractivity contribution is 0.0672. The van der Waals surface area contributed by atoms with Gasteiger partial charge in [0.05, 0.1) is 18.2 Å². The van der Waals surface area contributed by atoms with Gasteiger partial charge in [-0.1, -0.05) is 6.07 Å². The summed E-state index contributed by atoms with van der Waals surface area (Å²) in [6.45, 7) is 2.64. The van der Waals surface area contributed by atoms with Crippen molar-refractivity contribution in [3.63, 3.8) is 0 Å². The molecule has 2 rings (SSSR count). The van der Waals surface area contributed by atoms with Crippen LogP contribution in [0.1, 0.15) is 17.3 Å². The summed E-state index contributed by atoms with van der Waals surface area (Å²) in [6.07, 6.45) is 0. The van der Waals surface area contributed by atoms with Gasteiger partial charge in [-0.25, -0.2) is 0 Å². The van der Waals surface area contributed by atoms with Crippen molar-refractivity contribution < 1.29 is 19.4 Å². The van der Waals surface area contributed by atoms with Crippen LogP contribution in [0.5, 0.6) is 11.5 Å². The Morgan fingerprint density at radius 1 is 1.44 bits per heavy atom. The average molecular weight is 251 g/mol. The topological polar surface area (TPSA) is 59.0 Å². The smallest absolute Gasteiger partial charge is 0.257 e. The first kappa shape index (κ1) is 12.7. The minimum atomic E-state index is -0.238. The molecule has 98 valence electrons. The molecule has 0 radical (unpaired) electrons. The lowest BCUT2D eigenvalue weighted by atomic mass is 10.1. The molecular weight excluding hydrogens is 234 g/mol. The number of aliphatic hydroxyl groups excluding tert-OH is 1. The number of ether oxygens (including phenoxy) is 2. The first-order chi connectivity index (χ1) is 8.65. The van der Waals surface area contributed by atoms with Crippen molar-refractivity contribution in [3.05, 3.63) is 23.8 Å². The van der Waals surface area contributed by atoms with E-state index in [4.69, 9.17) is 14.6 Å². The minimum Gasteiger partial charge on any atom is -0.486 e. The van der Waals surface area contributed by atoms with Crippen molar-refractivity contribution >= 4 is 5.91 Å². The van der Waals surface area contributed by atoms with E-state index >= 15 is 0 Å². The van der Waals surface area contributed by atoms with Crippen molar-refractivity contribution in [1.29, 1.82) is 0 Å². The van der Waals surface area contributed by atoms with Crippen LogP contribution in [0.2, 0.25) is 0 Å². The van der Waals surface area contributed by atoms with E-state index in [-0.39, 0.29) is 18.6 Å². The molecule has 0 spiro atoms. The molecule has 1 amide bonds. The van der Waals surface area contributed by atoms with Crippen LogP contribution >= 0.6 is 0 Å². The van der Waals surface area contributed by atoms with E-state index in [1.807, 2.05) is 0 Å². The third kappa shape index (κ3) is 2.26. The molecule has 0 saturated carbocycles. The quantitative estimate of drug-likeness (QED) is 0.867. The van der Waals surface area contributed by atoms with Gasteiger partial charge in [0.2, 0.25) is 0 Å². The van der Waals surface area contributed by atoms with Crippen molar-refractivity contribution in [2.75, 3.05) is 26.9 Å². The number of likely N-dealkylation sites (N-methyl/N-ethyl adjacent to an activating group) is 1. The Bertz CT molecular complexity index is 447. The Balaban J connectivity index is 2.30. The second-order valence-electron chi connectivity index (χ2n) is 4.28. The number of rotatable bonds is 3. The first-order valence-electron chi connectivity index (χ1n) is 5.91. The molecule has 18 heavy (non-hydrogen) atoms. The normalized spacial score (nSPS) is 15.1. The van der Waals surface area contributed by atoms with Gasteiger partial charge in [-0.15, -0.1) is 0 Å². The summed E-state index contributed by atoms with van der Waals surface area (Å²) in [7, 11) is 1.66. The van der Waals surface area contributed by atoms with Crippen LogP contribution in [0.25, 0.3) is 0 Å². The fraction of sp³-hybridized carbons (Fsp3) is 0.462. The maximum atomic E-state index is 12.3. The summed E-state index contributed by atoms with van der Waals surface area (Å²) < 4.78 is 10.9. The maximum absolute atomic E-state index is 12.3.